The molecule has 0 aliphatic carbocycles. The van der Waals surface area contributed by atoms with Crippen LogP contribution in [0.15, 0.2) is 73.2 Å². The Balaban J connectivity index is 1.44. The van der Waals surface area contributed by atoms with E-state index in [1.54, 1.807) is 6.20 Å². The van der Waals surface area contributed by atoms with Gasteiger partial charge in [-0.1, -0.05) is 19.1 Å². The summed E-state index contributed by atoms with van der Waals surface area (Å²) >= 11 is 0. The number of aryl methyl sites for hydroxylation is 1. The fraction of sp³-hybridized carbons (Fsp3) is 0.115. The summed E-state index contributed by atoms with van der Waals surface area (Å²) in [7, 11) is 0. The quantitative estimate of drug-likeness (QED) is 0.417. The zero-order valence-corrected chi connectivity index (χ0v) is 18.5. The molecule has 0 spiro atoms. The topological polar surface area (TPSA) is 101 Å². The molecule has 0 saturated heterocycles. The number of hydrogen-bond acceptors (Lipinski definition) is 5. The lowest BCUT2D eigenvalue weighted by Gasteiger charge is -2.09. The van der Waals surface area contributed by atoms with E-state index in [1.807, 2.05) is 64.2 Å². The molecule has 34 heavy (non-hydrogen) atoms. The van der Waals surface area contributed by atoms with Crippen LogP contribution < -0.4 is 0 Å². The van der Waals surface area contributed by atoms with Gasteiger partial charge in [-0.3, -0.25) is 14.8 Å². The Bertz CT molecular complexity index is 1680. The van der Waals surface area contributed by atoms with Gasteiger partial charge in [0, 0.05) is 23.3 Å². The van der Waals surface area contributed by atoms with Gasteiger partial charge in [0.15, 0.2) is 0 Å². The first kappa shape index (κ1) is 19.9. The Morgan fingerprint density at radius 1 is 1.03 bits per heavy atom. The Labute approximate surface area is 195 Å². The van der Waals surface area contributed by atoms with Gasteiger partial charge < -0.3 is 0 Å². The van der Waals surface area contributed by atoms with Crippen LogP contribution in [0.3, 0.4) is 0 Å². The van der Waals surface area contributed by atoms with E-state index in [9.17, 15) is 0 Å². The number of aromatic nitrogens is 7. The first-order valence-electron chi connectivity index (χ1n) is 11.1. The fourth-order valence-electron chi connectivity index (χ4n) is 4.25. The first-order valence-corrected chi connectivity index (χ1v) is 11.1. The third-order valence-corrected chi connectivity index (χ3v) is 6.02. The summed E-state index contributed by atoms with van der Waals surface area (Å²) in [6.45, 7) is 2.69. The lowest BCUT2D eigenvalue weighted by Crippen LogP contribution is -2.04. The number of nitriles is 1. The molecule has 8 heteroatoms. The number of nitrogens with one attached hydrogen (secondary N) is 1. The summed E-state index contributed by atoms with van der Waals surface area (Å²) in [6.07, 6.45) is 6.28. The average molecular weight is 445 g/mol. The molecule has 4 heterocycles. The number of H-pyrrole nitrogens is 1. The molecule has 0 amide bonds. The van der Waals surface area contributed by atoms with Crippen LogP contribution in [0.25, 0.3) is 38.9 Å². The fourth-order valence-corrected chi connectivity index (χ4v) is 4.25. The van der Waals surface area contributed by atoms with E-state index in [0.717, 1.165) is 56.6 Å². The van der Waals surface area contributed by atoms with Gasteiger partial charge in [0.1, 0.15) is 5.52 Å². The number of hydrogen-bond donors (Lipinski definition) is 1. The van der Waals surface area contributed by atoms with E-state index in [1.165, 1.54) is 0 Å². The summed E-state index contributed by atoms with van der Waals surface area (Å²) in [5.41, 5.74) is 8.36. The van der Waals surface area contributed by atoms with Gasteiger partial charge in [-0.15, -0.1) is 0 Å². The molecule has 6 aromatic rings. The Morgan fingerprint density at radius 3 is 2.74 bits per heavy atom. The van der Waals surface area contributed by atoms with E-state index >= 15 is 0 Å². The van der Waals surface area contributed by atoms with Crippen LogP contribution in [-0.2, 0) is 13.0 Å². The van der Waals surface area contributed by atoms with Gasteiger partial charge >= 0.3 is 0 Å². The van der Waals surface area contributed by atoms with E-state index in [0.29, 0.717) is 12.1 Å². The van der Waals surface area contributed by atoms with Crippen molar-refractivity contribution in [1.82, 2.24) is 34.7 Å². The number of pyridine rings is 1. The van der Waals surface area contributed by atoms with Crippen LogP contribution in [0, 0.1) is 11.3 Å². The summed E-state index contributed by atoms with van der Waals surface area (Å²) in [6, 6.07) is 20.0. The first-order chi connectivity index (χ1) is 16.7. The largest absolute Gasteiger partial charge is 0.278 e. The molecule has 0 aliphatic heterocycles. The van der Waals surface area contributed by atoms with Crippen LogP contribution in [0.2, 0.25) is 0 Å². The lowest BCUT2D eigenvalue weighted by molar-refractivity contribution is 0.694. The van der Waals surface area contributed by atoms with Crippen molar-refractivity contribution in [3.05, 3.63) is 90.0 Å². The van der Waals surface area contributed by atoms with Crippen LogP contribution >= 0.6 is 0 Å². The molecule has 1 N–H and O–H groups in total. The van der Waals surface area contributed by atoms with Crippen molar-refractivity contribution in [3.63, 3.8) is 0 Å². The maximum absolute atomic E-state index is 9.04. The molecule has 2 aromatic carbocycles. The van der Waals surface area contributed by atoms with Crippen molar-refractivity contribution in [3.8, 4) is 23.0 Å². The molecule has 0 fully saturated rings. The standard InChI is InChI=1S/C26H20N8/c1-2-22-26-25(34(32-22)21-8-7-19-15-29-31-23(19)12-21)11-20(14-28-26)24-9-10-30-33(24)16-18-5-3-17(13-27)4-6-18/h3-12,14-15H,2,16H2,1H3,(H,29,31). The highest BCUT2D eigenvalue weighted by atomic mass is 15.3. The zero-order chi connectivity index (χ0) is 23.1. The van der Waals surface area contributed by atoms with E-state index in [4.69, 9.17) is 15.3 Å². The SMILES string of the molecule is CCc1nn(-c2ccc3cn[nH]c3c2)c2cc(-c3ccnn3Cc3ccc(C#N)cc3)cnc12. The normalized spacial score (nSPS) is 11.3. The van der Waals surface area contributed by atoms with Gasteiger partial charge in [-0.05, 0) is 54.4 Å². The predicted octanol–water partition coefficient (Wildman–Crippen LogP) is 4.64. The second kappa shape index (κ2) is 7.98. The summed E-state index contributed by atoms with van der Waals surface area (Å²) in [5.74, 6) is 0. The molecule has 0 unspecified atom stereocenters. The predicted molar refractivity (Wildman–Crippen MR) is 129 cm³/mol. The molecule has 0 saturated carbocycles. The monoisotopic (exact) mass is 444 g/mol. The van der Waals surface area contributed by atoms with Gasteiger partial charge in [-0.25, -0.2) is 4.68 Å². The maximum atomic E-state index is 9.04. The van der Waals surface area contributed by atoms with Crippen LogP contribution in [0.4, 0.5) is 0 Å². The minimum atomic E-state index is 0.599. The second-order valence-electron chi connectivity index (χ2n) is 8.13. The molecule has 0 atom stereocenters. The minimum Gasteiger partial charge on any atom is -0.278 e. The van der Waals surface area contributed by atoms with Crippen molar-refractivity contribution in [2.45, 2.75) is 19.9 Å². The molecular formula is C26H20N8. The van der Waals surface area contributed by atoms with Gasteiger partial charge in [0.25, 0.3) is 0 Å². The minimum absolute atomic E-state index is 0.599. The Kier molecular flexibility index (Phi) is 4.66. The number of fused-ring (bicyclic) bond motifs is 2. The summed E-state index contributed by atoms with van der Waals surface area (Å²) in [5, 5.41) is 26.7. The Hall–Kier alpha value is -4.77. The zero-order valence-electron chi connectivity index (χ0n) is 18.5. The van der Waals surface area contributed by atoms with Crippen molar-refractivity contribution in [2.75, 3.05) is 0 Å². The highest BCUT2D eigenvalue weighted by Crippen LogP contribution is 2.28. The van der Waals surface area contributed by atoms with Crippen molar-refractivity contribution in [2.24, 2.45) is 0 Å². The smallest absolute Gasteiger partial charge is 0.112 e. The summed E-state index contributed by atoms with van der Waals surface area (Å²) in [4.78, 5) is 4.80. The molecular weight excluding hydrogens is 424 g/mol. The molecule has 164 valence electrons. The average Bonchev–Trinajstić information content (AvgIpc) is 3.62. The lowest BCUT2D eigenvalue weighted by atomic mass is 10.1. The maximum Gasteiger partial charge on any atom is 0.112 e. The number of aromatic amines is 1. The molecule has 6 rings (SSSR count). The third kappa shape index (κ3) is 3.31. The van der Waals surface area contributed by atoms with Crippen molar-refractivity contribution < 1.29 is 0 Å². The van der Waals surface area contributed by atoms with Crippen LogP contribution in [0.1, 0.15) is 23.7 Å². The summed E-state index contributed by atoms with van der Waals surface area (Å²) < 4.78 is 3.90. The van der Waals surface area contributed by atoms with E-state index < -0.39 is 0 Å². The Morgan fingerprint density at radius 2 is 1.91 bits per heavy atom. The third-order valence-electron chi connectivity index (χ3n) is 6.02. The van der Waals surface area contributed by atoms with Crippen molar-refractivity contribution >= 4 is 21.9 Å². The number of benzene rings is 2. The van der Waals surface area contributed by atoms with Crippen LogP contribution in [0.5, 0.6) is 0 Å². The van der Waals surface area contributed by atoms with Gasteiger partial charge in [-0.2, -0.15) is 20.6 Å². The van der Waals surface area contributed by atoms with E-state index in [-0.39, 0.29) is 0 Å². The van der Waals surface area contributed by atoms with Crippen LogP contribution in [-0.4, -0.2) is 34.7 Å². The molecule has 8 nitrogen and oxygen atoms in total. The molecule has 4 aromatic heterocycles. The highest BCUT2D eigenvalue weighted by molar-refractivity contribution is 5.85. The molecule has 0 radical (unpaired) electrons. The number of rotatable bonds is 5. The van der Waals surface area contributed by atoms with Gasteiger partial charge in [0.05, 0.1) is 52.5 Å². The second-order valence-corrected chi connectivity index (χ2v) is 8.13. The van der Waals surface area contributed by atoms with Gasteiger partial charge in [0.2, 0.25) is 0 Å². The highest BCUT2D eigenvalue weighted by Gasteiger charge is 2.16. The molecule has 0 aliphatic rings. The molecule has 0 bridgehead atoms. The number of nitrogens with zero attached hydrogens (tertiary/aromatic N) is 7. The van der Waals surface area contributed by atoms with E-state index in [2.05, 4.69) is 40.4 Å². The van der Waals surface area contributed by atoms with Crippen molar-refractivity contribution in [1.29, 1.82) is 5.26 Å².